The van der Waals surface area contributed by atoms with E-state index in [-0.39, 0.29) is 11.9 Å². The summed E-state index contributed by atoms with van der Waals surface area (Å²) in [4.78, 5) is 15.5. The number of hydrogen-bond donors (Lipinski definition) is 0. The molecule has 0 unspecified atom stereocenters. The van der Waals surface area contributed by atoms with Gasteiger partial charge in [-0.15, -0.1) is 0 Å². The van der Waals surface area contributed by atoms with E-state index in [0.717, 1.165) is 11.1 Å². The minimum absolute atomic E-state index is 0.148. The van der Waals surface area contributed by atoms with Crippen LogP contribution in [0.25, 0.3) is 0 Å². The number of hydrogen-bond acceptors (Lipinski definition) is 2. The molecule has 0 N–H and O–H groups in total. The molecule has 0 aliphatic heterocycles. The maximum Gasteiger partial charge on any atom is 0.256 e. The highest BCUT2D eigenvalue weighted by Gasteiger charge is 2.29. The van der Waals surface area contributed by atoms with Gasteiger partial charge < -0.3 is 9.32 Å². The molecule has 3 aromatic carbocycles. The predicted molar refractivity (Wildman–Crippen MR) is 115 cm³/mol. The van der Waals surface area contributed by atoms with Crippen LogP contribution >= 0.6 is 11.6 Å². The van der Waals surface area contributed by atoms with Crippen molar-refractivity contribution in [2.75, 3.05) is 0 Å². The highest BCUT2D eigenvalue weighted by molar-refractivity contribution is 6.33. The first-order chi connectivity index (χ1) is 14.2. The average Bonchev–Trinajstić information content (AvgIpc) is 3.28. The molecule has 0 fully saturated rings. The van der Waals surface area contributed by atoms with E-state index in [4.69, 9.17) is 16.0 Å². The quantitative estimate of drug-likeness (QED) is 0.376. The molecule has 1 amide bonds. The van der Waals surface area contributed by atoms with Gasteiger partial charge >= 0.3 is 0 Å². The summed E-state index contributed by atoms with van der Waals surface area (Å²) < 4.78 is 5.58. The molecule has 0 radical (unpaired) electrons. The molecule has 4 rings (SSSR count). The van der Waals surface area contributed by atoms with Gasteiger partial charge in [-0.2, -0.15) is 0 Å². The Hall–Kier alpha value is -3.30. The van der Waals surface area contributed by atoms with Gasteiger partial charge in [0.05, 0.1) is 29.4 Å². The molecule has 0 spiro atoms. The van der Waals surface area contributed by atoms with Crippen LogP contribution in [0.1, 0.15) is 33.3 Å². The molecule has 1 aromatic heterocycles. The van der Waals surface area contributed by atoms with Crippen molar-refractivity contribution in [2.45, 2.75) is 12.6 Å². The lowest BCUT2D eigenvalue weighted by Crippen LogP contribution is -2.35. The number of halogens is 1. The summed E-state index contributed by atoms with van der Waals surface area (Å²) in [6.45, 7) is 0.325. The molecule has 4 aromatic rings. The Balaban J connectivity index is 1.84. The summed E-state index contributed by atoms with van der Waals surface area (Å²) in [5.74, 6) is 0.562. The van der Waals surface area contributed by atoms with Crippen LogP contribution in [0.2, 0.25) is 5.02 Å². The molecule has 0 aliphatic carbocycles. The second kappa shape index (κ2) is 8.80. The van der Waals surface area contributed by atoms with E-state index in [9.17, 15) is 4.79 Å². The third kappa shape index (κ3) is 4.25. The maximum absolute atomic E-state index is 13.7. The Labute approximate surface area is 175 Å². The Kier molecular flexibility index (Phi) is 5.78. The smallest absolute Gasteiger partial charge is 0.256 e. The Morgan fingerprint density at radius 3 is 1.93 bits per heavy atom. The normalized spacial score (nSPS) is 10.8. The number of nitrogens with zero attached hydrogens (tertiary/aromatic N) is 1. The van der Waals surface area contributed by atoms with Gasteiger partial charge in [0.1, 0.15) is 5.76 Å². The average molecular weight is 402 g/mol. The van der Waals surface area contributed by atoms with Crippen LogP contribution in [0, 0.1) is 0 Å². The van der Waals surface area contributed by atoms with E-state index in [0.29, 0.717) is 22.9 Å². The SMILES string of the molecule is O=C(c1ccccc1Cl)N(Cc1ccco1)C(c1ccccc1)c1ccccc1. The lowest BCUT2D eigenvalue weighted by atomic mass is 9.96. The first-order valence-corrected chi connectivity index (χ1v) is 9.79. The molecule has 4 heteroatoms. The van der Waals surface area contributed by atoms with Crippen molar-refractivity contribution in [1.29, 1.82) is 0 Å². The van der Waals surface area contributed by atoms with Crippen molar-refractivity contribution < 1.29 is 9.21 Å². The van der Waals surface area contributed by atoms with Gasteiger partial charge in [-0.3, -0.25) is 4.79 Å². The summed E-state index contributed by atoms with van der Waals surface area (Å²) in [5, 5.41) is 0.432. The van der Waals surface area contributed by atoms with Crippen molar-refractivity contribution in [1.82, 2.24) is 4.90 Å². The molecule has 0 saturated heterocycles. The second-order valence-electron chi connectivity index (χ2n) is 6.72. The monoisotopic (exact) mass is 401 g/mol. The number of carbonyl (C=O) groups is 1. The molecule has 0 saturated carbocycles. The minimum atomic E-state index is -0.286. The molecule has 144 valence electrons. The van der Waals surface area contributed by atoms with Crippen LogP contribution in [0.4, 0.5) is 0 Å². The van der Waals surface area contributed by atoms with E-state index < -0.39 is 0 Å². The van der Waals surface area contributed by atoms with Crippen LogP contribution in [-0.4, -0.2) is 10.8 Å². The van der Waals surface area contributed by atoms with Gasteiger partial charge in [-0.05, 0) is 35.4 Å². The first-order valence-electron chi connectivity index (χ1n) is 9.42. The van der Waals surface area contributed by atoms with Crippen LogP contribution in [-0.2, 0) is 6.54 Å². The summed E-state index contributed by atoms with van der Waals surface area (Å²) in [5.41, 5.74) is 2.51. The highest BCUT2D eigenvalue weighted by atomic mass is 35.5. The highest BCUT2D eigenvalue weighted by Crippen LogP contribution is 2.32. The van der Waals surface area contributed by atoms with Crippen molar-refractivity contribution in [3.63, 3.8) is 0 Å². The van der Waals surface area contributed by atoms with E-state index in [1.807, 2.05) is 89.8 Å². The molecular formula is C25H20ClNO2. The third-order valence-corrected chi connectivity index (χ3v) is 5.14. The fraction of sp³-hybridized carbons (Fsp3) is 0.0800. The van der Waals surface area contributed by atoms with Gasteiger partial charge in [-0.1, -0.05) is 84.4 Å². The summed E-state index contributed by atoms with van der Waals surface area (Å²) in [6.07, 6.45) is 1.62. The van der Waals surface area contributed by atoms with Gasteiger partial charge in [-0.25, -0.2) is 0 Å². The second-order valence-corrected chi connectivity index (χ2v) is 7.12. The van der Waals surface area contributed by atoms with Gasteiger partial charge in [0.2, 0.25) is 0 Å². The zero-order valence-corrected chi connectivity index (χ0v) is 16.5. The largest absolute Gasteiger partial charge is 0.467 e. The van der Waals surface area contributed by atoms with Gasteiger partial charge in [0.15, 0.2) is 0 Å². The lowest BCUT2D eigenvalue weighted by Gasteiger charge is -2.32. The fourth-order valence-corrected chi connectivity index (χ4v) is 3.68. The zero-order chi connectivity index (χ0) is 20.1. The predicted octanol–water partition coefficient (Wildman–Crippen LogP) is 6.37. The topological polar surface area (TPSA) is 33.5 Å². The van der Waals surface area contributed by atoms with Crippen LogP contribution in [0.5, 0.6) is 0 Å². The Morgan fingerprint density at radius 2 is 1.38 bits per heavy atom. The van der Waals surface area contributed by atoms with E-state index in [1.54, 1.807) is 18.4 Å². The van der Waals surface area contributed by atoms with Crippen LogP contribution in [0.3, 0.4) is 0 Å². The summed E-state index contributed by atoms with van der Waals surface area (Å²) in [7, 11) is 0. The summed E-state index contributed by atoms with van der Waals surface area (Å²) in [6, 6.07) is 30.6. The summed E-state index contributed by atoms with van der Waals surface area (Å²) >= 11 is 6.37. The molecular weight excluding hydrogens is 382 g/mol. The van der Waals surface area contributed by atoms with Crippen LogP contribution < -0.4 is 0 Å². The zero-order valence-electron chi connectivity index (χ0n) is 15.7. The molecule has 0 aliphatic rings. The molecule has 0 atom stereocenters. The van der Waals surface area contributed by atoms with E-state index >= 15 is 0 Å². The van der Waals surface area contributed by atoms with Crippen molar-refractivity contribution in [3.05, 3.63) is 131 Å². The van der Waals surface area contributed by atoms with E-state index in [1.165, 1.54) is 0 Å². The fourth-order valence-electron chi connectivity index (χ4n) is 3.46. The minimum Gasteiger partial charge on any atom is -0.467 e. The number of furan rings is 1. The molecule has 0 bridgehead atoms. The van der Waals surface area contributed by atoms with E-state index in [2.05, 4.69) is 0 Å². The standard InChI is InChI=1S/C25H20ClNO2/c26-23-16-8-7-15-22(23)25(28)27(18-21-14-9-17-29-21)24(19-10-3-1-4-11-19)20-12-5-2-6-13-20/h1-17,24H,18H2. The number of carbonyl (C=O) groups excluding carboxylic acids is 1. The molecule has 3 nitrogen and oxygen atoms in total. The van der Waals surface area contributed by atoms with Crippen molar-refractivity contribution in [3.8, 4) is 0 Å². The number of rotatable bonds is 6. The molecule has 1 heterocycles. The Bertz CT molecular complexity index is 1020. The number of amides is 1. The van der Waals surface area contributed by atoms with Crippen molar-refractivity contribution >= 4 is 17.5 Å². The Morgan fingerprint density at radius 1 is 0.793 bits per heavy atom. The first kappa shape index (κ1) is 19.0. The van der Waals surface area contributed by atoms with Crippen molar-refractivity contribution in [2.24, 2.45) is 0 Å². The maximum atomic E-state index is 13.7. The molecule has 29 heavy (non-hydrogen) atoms. The third-order valence-electron chi connectivity index (χ3n) is 4.81. The van der Waals surface area contributed by atoms with Gasteiger partial charge in [0, 0.05) is 0 Å². The van der Waals surface area contributed by atoms with Gasteiger partial charge in [0.25, 0.3) is 5.91 Å². The van der Waals surface area contributed by atoms with Crippen LogP contribution in [0.15, 0.2) is 108 Å². The lowest BCUT2D eigenvalue weighted by molar-refractivity contribution is 0.0676. The number of benzene rings is 3.